The summed E-state index contributed by atoms with van der Waals surface area (Å²) in [5.74, 6) is 1.02. The van der Waals surface area contributed by atoms with Crippen LogP contribution in [-0.2, 0) is 0 Å². The molecule has 0 radical (unpaired) electrons. The predicted molar refractivity (Wildman–Crippen MR) is 194 cm³/mol. The SMILES string of the molecule is c1ccc2nc(-c3nc(-c4ccc5ncccc5n4)nc4sc(-c5cnc6ccccc6n5)c(-c5ncc6ccccc6n5)c34)ccc2c1. The van der Waals surface area contributed by atoms with E-state index in [1.807, 2.05) is 103 Å². The molecule has 0 amide bonds. The number of hydrogen-bond donors (Lipinski definition) is 0. The summed E-state index contributed by atoms with van der Waals surface area (Å²) in [7, 11) is 0. The molecule has 0 bridgehead atoms. The first-order valence-electron chi connectivity index (χ1n) is 15.6. The molecule has 0 saturated carbocycles. The lowest BCUT2D eigenvalue weighted by molar-refractivity contribution is 1.18. The first kappa shape index (κ1) is 27.5. The Kier molecular flexibility index (Phi) is 6.15. The van der Waals surface area contributed by atoms with Gasteiger partial charge in [0.15, 0.2) is 11.6 Å². The molecule has 0 aliphatic rings. The Bertz CT molecular complexity index is 2920. The van der Waals surface area contributed by atoms with Gasteiger partial charge in [0.1, 0.15) is 21.9 Å². The van der Waals surface area contributed by atoms with Gasteiger partial charge in [-0.3, -0.25) is 9.97 Å². The summed E-state index contributed by atoms with van der Waals surface area (Å²) < 4.78 is 0. The molecule has 0 atom stereocenters. The van der Waals surface area contributed by atoms with Crippen LogP contribution in [0.25, 0.3) is 99.0 Å². The molecule has 10 aromatic rings. The van der Waals surface area contributed by atoms with Gasteiger partial charge in [0.05, 0.1) is 60.8 Å². The van der Waals surface area contributed by atoms with Gasteiger partial charge in [-0.25, -0.2) is 34.9 Å². The molecule has 10 rings (SSSR count). The van der Waals surface area contributed by atoms with Crippen molar-refractivity contribution in [1.29, 1.82) is 0 Å². The molecule has 0 spiro atoms. The fourth-order valence-corrected chi connectivity index (χ4v) is 7.26. The van der Waals surface area contributed by atoms with E-state index in [-0.39, 0.29) is 0 Å². The van der Waals surface area contributed by atoms with Crippen LogP contribution in [0.1, 0.15) is 0 Å². The topological polar surface area (TPSA) is 116 Å². The molecule has 0 aliphatic heterocycles. The van der Waals surface area contributed by atoms with Gasteiger partial charge in [-0.1, -0.05) is 54.6 Å². The van der Waals surface area contributed by atoms with E-state index in [2.05, 4.69) is 17.1 Å². The number of benzene rings is 3. The lowest BCUT2D eigenvalue weighted by atomic mass is 10.0. The fraction of sp³-hybridized carbons (Fsp3) is 0. The van der Waals surface area contributed by atoms with Crippen molar-refractivity contribution in [3.63, 3.8) is 0 Å². The van der Waals surface area contributed by atoms with E-state index in [1.54, 1.807) is 12.4 Å². The molecular formula is C39H21N9S. The molecule has 10 heteroatoms. The van der Waals surface area contributed by atoms with E-state index in [1.165, 1.54) is 11.3 Å². The first-order chi connectivity index (χ1) is 24.2. The van der Waals surface area contributed by atoms with Crippen LogP contribution in [0.5, 0.6) is 0 Å². The number of thiophene rings is 1. The average molecular weight is 648 g/mol. The summed E-state index contributed by atoms with van der Waals surface area (Å²) in [6.45, 7) is 0. The Morgan fingerprint density at radius 3 is 1.96 bits per heavy atom. The standard InChI is InChI=1S/C39H21N9S/c1-3-10-24-22(8-1)15-16-30(43-24)35-33-34(38-42-20-23-9-2-4-11-25(23)46-38)36(32-21-41-26-12-5-6-13-28(26)45-32)49-39(33)48-37(47-35)31-18-17-27-29(44-31)14-7-19-40-27/h1-21H. The number of fused-ring (bicyclic) bond motifs is 5. The lowest BCUT2D eigenvalue weighted by Crippen LogP contribution is -1.99. The second-order valence-corrected chi connectivity index (χ2v) is 12.5. The summed E-state index contributed by atoms with van der Waals surface area (Å²) in [6, 6.07) is 35.6. The fourth-order valence-electron chi connectivity index (χ4n) is 6.13. The second-order valence-electron chi connectivity index (χ2n) is 11.5. The highest BCUT2D eigenvalue weighted by Crippen LogP contribution is 2.46. The normalized spacial score (nSPS) is 11.7. The third-order valence-corrected chi connectivity index (χ3v) is 9.58. The summed E-state index contributed by atoms with van der Waals surface area (Å²) in [6.07, 6.45) is 5.42. The van der Waals surface area contributed by atoms with Crippen molar-refractivity contribution in [2.45, 2.75) is 0 Å². The van der Waals surface area contributed by atoms with Crippen molar-refractivity contribution in [1.82, 2.24) is 44.9 Å². The summed E-state index contributed by atoms with van der Waals surface area (Å²) in [5.41, 5.74) is 8.33. The highest BCUT2D eigenvalue weighted by Gasteiger charge is 2.26. The highest BCUT2D eigenvalue weighted by molar-refractivity contribution is 7.22. The number of nitrogens with zero attached hydrogens (tertiary/aromatic N) is 9. The van der Waals surface area contributed by atoms with Crippen molar-refractivity contribution in [2.24, 2.45) is 0 Å². The first-order valence-corrected chi connectivity index (χ1v) is 16.4. The molecule has 7 aromatic heterocycles. The Labute approximate surface area is 282 Å². The Morgan fingerprint density at radius 1 is 0.408 bits per heavy atom. The molecule has 0 aliphatic carbocycles. The smallest absolute Gasteiger partial charge is 0.180 e. The Hall–Kier alpha value is -6.65. The zero-order valence-corrected chi connectivity index (χ0v) is 26.4. The van der Waals surface area contributed by atoms with Gasteiger partial charge in [0.2, 0.25) is 0 Å². The third-order valence-electron chi connectivity index (χ3n) is 8.47. The number of para-hydroxylation sites is 4. The minimum Gasteiger partial charge on any atom is -0.255 e. The van der Waals surface area contributed by atoms with Gasteiger partial charge in [0.25, 0.3) is 0 Å². The molecule has 0 N–H and O–H groups in total. The van der Waals surface area contributed by atoms with E-state index in [4.69, 9.17) is 39.9 Å². The van der Waals surface area contributed by atoms with Crippen molar-refractivity contribution >= 4 is 65.4 Å². The van der Waals surface area contributed by atoms with E-state index in [0.717, 1.165) is 64.5 Å². The van der Waals surface area contributed by atoms with Crippen molar-refractivity contribution in [2.75, 3.05) is 0 Å². The maximum absolute atomic E-state index is 5.22. The number of rotatable bonds is 4. The molecule has 228 valence electrons. The van der Waals surface area contributed by atoms with Crippen molar-refractivity contribution in [3.05, 3.63) is 128 Å². The number of pyridine rings is 3. The van der Waals surface area contributed by atoms with Crippen LogP contribution in [0.2, 0.25) is 0 Å². The van der Waals surface area contributed by atoms with Gasteiger partial charge in [-0.15, -0.1) is 11.3 Å². The molecule has 9 nitrogen and oxygen atoms in total. The van der Waals surface area contributed by atoms with E-state index < -0.39 is 0 Å². The van der Waals surface area contributed by atoms with Gasteiger partial charge >= 0.3 is 0 Å². The summed E-state index contributed by atoms with van der Waals surface area (Å²) in [4.78, 5) is 46.2. The van der Waals surface area contributed by atoms with Gasteiger partial charge in [-0.2, -0.15) is 0 Å². The highest BCUT2D eigenvalue weighted by atomic mass is 32.1. The molecule has 0 saturated heterocycles. The van der Waals surface area contributed by atoms with Crippen LogP contribution in [0.4, 0.5) is 0 Å². The maximum atomic E-state index is 5.22. The van der Waals surface area contributed by atoms with Crippen LogP contribution in [0, 0.1) is 0 Å². The zero-order chi connectivity index (χ0) is 32.3. The van der Waals surface area contributed by atoms with Crippen LogP contribution in [0.15, 0.2) is 128 Å². The maximum Gasteiger partial charge on any atom is 0.180 e. The van der Waals surface area contributed by atoms with Crippen LogP contribution >= 0.6 is 11.3 Å². The lowest BCUT2D eigenvalue weighted by Gasteiger charge is -2.10. The number of aromatic nitrogens is 9. The molecule has 3 aromatic carbocycles. The molecule has 7 heterocycles. The van der Waals surface area contributed by atoms with E-state index in [0.29, 0.717) is 34.4 Å². The third kappa shape index (κ3) is 4.65. The largest absolute Gasteiger partial charge is 0.255 e. The number of hydrogen-bond acceptors (Lipinski definition) is 10. The average Bonchev–Trinajstić information content (AvgIpc) is 3.56. The predicted octanol–water partition coefficient (Wildman–Crippen LogP) is 8.74. The molecule has 49 heavy (non-hydrogen) atoms. The van der Waals surface area contributed by atoms with Gasteiger partial charge < -0.3 is 0 Å². The summed E-state index contributed by atoms with van der Waals surface area (Å²) >= 11 is 1.51. The minimum atomic E-state index is 0.478. The Balaban J connectivity index is 1.32. The molecule has 0 fully saturated rings. The van der Waals surface area contributed by atoms with Crippen molar-refractivity contribution < 1.29 is 0 Å². The quantitative estimate of drug-likeness (QED) is 0.185. The Morgan fingerprint density at radius 2 is 1.08 bits per heavy atom. The van der Waals surface area contributed by atoms with Crippen LogP contribution < -0.4 is 0 Å². The van der Waals surface area contributed by atoms with Crippen LogP contribution in [0.3, 0.4) is 0 Å². The second kappa shape index (κ2) is 11.0. The van der Waals surface area contributed by atoms with E-state index in [9.17, 15) is 0 Å². The monoisotopic (exact) mass is 647 g/mol. The minimum absolute atomic E-state index is 0.478. The molecular weight excluding hydrogens is 627 g/mol. The van der Waals surface area contributed by atoms with Crippen molar-refractivity contribution in [3.8, 4) is 44.9 Å². The summed E-state index contributed by atoms with van der Waals surface area (Å²) in [5, 5.41) is 2.78. The van der Waals surface area contributed by atoms with E-state index >= 15 is 0 Å². The van der Waals surface area contributed by atoms with Gasteiger partial charge in [-0.05, 0) is 54.6 Å². The van der Waals surface area contributed by atoms with Crippen LogP contribution in [-0.4, -0.2) is 44.9 Å². The molecule has 0 unspecified atom stereocenters. The zero-order valence-electron chi connectivity index (χ0n) is 25.6. The van der Waals surface area contributed by atoms with Gasteiger partial charge in [0, 0.05) is 23.2 Å².